The van der Waals surface area contributed by atoms with Crippen LogP contribution in [0.5, 0.6) is 0 Å². The van der Waals surface area contributed by atoms with Crippen molar-refractivity contribution >= 4 is 34.5 Å². The van der Waals surface area contributed by atoms with Gasteiger partial charge in [0.2, 0.25) is 0 Å². The van der Waals surface area contributed by atoms with E-state index in [0.717, 1.165) is 16.9 Å². The average Bonchev–Trinajstić information content (AvgIpc) is 2.73. The summed E-state index contributed by atoms with van der Waals surface area (Å²) >= 11 is 6.31. The summed E-state index contributed by atoms with van der Waals surface area (Å²) in [6, 6.07) is 1.98. The standard InChI is InChI=1S/C11H16N2OS2/c1-3-8-4-5-16-9(8)11(14)13-6-7(2)10(12)15/h4-5,7H,3,6H2,1-2H3,(H2,12,15)(H,13,14). The summed E-state index contributed by atoms with van der Waals surface area (Å²) in [5.74, 6) is -0.000983. The van der Waals surface area contributed by atoms with Crippen molar-refractivity contribution in [3.05, 3.63) is 21.9 Å². The van der Waals surface area contributed by atoms with Gasteiger partial charge in [-0.05, 0) is 23.4 Å². The fourth-order valence-corrected chi connectivity index (χ4v) is 2.23. The van der Waals surface area contributed by atoms with Crippen molar-refractivity contribution in [1.82, 2.24) is 5.32 Å². The molecule has 0 bridgehead atoms. The molecule has 16 heavy (non-hydrogen) atoms. The predicted octanol–water partition coefficient (Wildman–Crippen LogP) is 1.96. The molecule has 0 aliphatic heterocycles. The number of thiocarbonyl (C=S) groups is 1. The quantitative estimate of drug-likeness (QED) is 0.792. The second kappa shape index (κ2) is 5.96. The molecular weight excluding hydrogens is 240 g/mol. The fourth-order valence-electron chi connectivity index (χ4n) is 1.24. The molecule has 0 saturated heterocycles. The van der Waals surface area contributed by atoms with Crippen LogP contribution in [0.3, 0.4) is 0 Å². The molecule has 0 aliphatic rings. The number of rotatable bonds is 5. The van der Waals surface area contributed by atoms with E-state index in [1.165, 1.54) is 11.3 Å². The van der Waals surface area contributed by atoms with Gasteiger partial charge in [0.1, 0.15) is 0 Å². The number of nitrogens with one attached hydrogen (secondary N) is 1. The Hall–Kier alpha value is -0.940. The van der Waals surface area contributed by atoms with Crippen molar-refractivity contribution < 1.29 is 4.79 Å². The van der Waals surface area contributed by atoms with Crippen molar-refractivity contribution in [1.29, 1.82) is 0 Å². The number of carbonyl (C=O) groups excluding carboxylic acids is 1. The van der Waals surface area contributed by atoms with Crippen LogP contribution in [0.15, 0.2) is 11.4 Å². The van der Waals surface area contributed by atoms with Gasteiger partial charge in [0.05, 0.1) is 9.87 Å². The summed E-state index contributed by atoms with van der Waals surface area (Å²) in [6.07, 6.45) is 0.872. The Morgan fingerprint density at radius 3 is 2.94 bits per heavy atom. The minimum atomic E-state index is -0.0325. The smallest absolute Gasteiger partial charge is 0.261 e. The SMILES string of the molecule is CCc1ccsc1C(=O)NCC(C)C(N)=S. The first-order valence-electron chi connectivity index (χ1n) is 5.20. The number of aryl methyl sites for hydroxylation is 1. The lowest BCUT2D eigenvalue weighted by molar-refractivity contribution is 0.0954. The number of amides is 1. The highest BCUT2D eigenvalue weighted by Crippen LogP contribution is 2.17. The van der Waals surface area contributed by atoms with E-state index in [-0.39, 0.29) is 11.8 Å². The number of hydrogen-bond donors (Lipinski definition) is 2. The van der Waals surface area contributed by atoms with Gasteiger partial charge in [-0.1, -0.05) is 26.1 Å². The lowest BCUT2D eigenvalue weighted by atomic mass is 10.1. The number of hydrogen-bond acceptors (Lipinski definition) is 3. The molecule has 0 radical (unpaired) electrons. The molecule has 1 amide bonds. The molecule has 1 heterocycles. The van der Waals surface area contributed by atoms with E-state index in [0.29, 0.717) is 11.5 Å². The molecular formula is C11H16N2OS2. The van der Waals surface area contributed by atoms with Crippen LogP contribution in [0, 0.1) is 5.92 Å². The Bertz CT molecular complexity index is 387. The summed E-state index contributed by atoms with van der Waals surface area (Å²) in [7, 11) is 0. The van der Waals surface area contributed by atoms with Crippen molar-refractivity contribution in [2.75, 3.05) is 6.54 Å². The van der Waals surface area contributed by atoms with Crippen LogP contribution in [-0.2, 0) is 6.42 Å². The first-order valence-corrected chi connectivity index (χ1v) is 6.49. The molecule has 88 valence electrons. The largest absolute Gasteiger partial charge is 0.393 e. The Morgan fingerprint density at radius 2 is 2.38 bits per heavy atom. The maximum absolute atomic E-state index is 11.8. The normalized spacial score (nSPS) is 12.1. The van der Waals surface area contributed by atoms with Gasteiger partial charge in [0.15, 0.2) is 0 Å². The Morgan fingerprint density at radius 1 is 1.69 bits per heavy atom. The zero-order valence-corrected chi connectivity index (χ0v) is 11.1. The lowest BCUT2D eigenvalue weighted by Crippen LogP contribution is -2.33. The second-order valence-electron chi connectivity index (χ2n) is 3.64. The molecule has 1 aromatic rings. The summed E-state index contributed by atoms with van der Waals surface area (Å²) in [4.78, 5) is 13.0. The van der Waals surface area contributed by atoms with Gasteiger partial charge < -0.3 is 11.1 Å². The second-order valence-corrected chi connectivity index (χ2v) is 5.03. The van der Waals surface area contributed by atoms with E-state index in [1.54, 1.807) is 0 Å². The highest BCUT2D eigenvalue weighted by molar-refractivity contribution is 7.80. The van der Waals surface area contributed by atoms with E-state index in [4.69, 9.17) is 18.0 Å². The Balaban J connectivity index is 2.56. The molecule has 1 atom stereocenters. The van der Waals surface area contributed by atoms with E-state index in [2.05, 4.69) is 5.32 Å². The minimum absolute atomic E-state index is 0.0315. The lowest BCUT2D eigenvalue weighted by Gasteiger charge is -2.10. The van der Waals surface area contributed by atoms with E-state index < -0.39 is 0 Å². The Kier molecular flexibility index (Phi) is 4.89. The molecule has 0 spiro atoms. The van der Waals surface area contributed by atoms with Gasteiger partial charge in [-0.2, -0.15) is 0 Å². The average molecular weight is 256 g/mol. The zero-order chi connectivity index (χ0) is 12.1. The van der Waals surface area contributed by atoms with E-state index in [9.17, 15) is 4.79 Å². The predicted molar refractivity (Wildman–Crippen MR) is 72.0 cm³/mol. The van der Waals surface area contributed by atoms with E-state index in [1.807, 2.05) is 25.3 Å². The van der Waals surface area contributed by atoms with Gasteiger partial charge in [-0.3, -0.25) is 4.79 Å². The van der Waals surface area contributed by atoms with Crippen molar-refractivity contribution in [2.45, 2.75) is 20.3 Å². The summed E-state index contributed by atoms with van der Waals surface area (Å²) in [6.45, 7) is 4.43. The molecule has 1 rings (SSSR count). The van der Waals surface area contributed by atoms with Gasteiger partial charge in [0, 0.05) is 12.5 Å². The maximum Gasteiger partial charge on any atom is 0.261 e. The summed E-state index contributed by atoms with van der Waals surface area (Å²) < 4.78 is 0. The van der Waals surface area contributed by atoms with Crippen LogP contribution < -0.4 is 11.1 Å². The van der Waals surface area contributed by atoms with Gasteiger partial charge >= 0.3 is 0 Å². The van der Waals surface area contributed by atoms with Crippen LogP contribution in [0.25, 0.3) is 0 Å². The fraction of sp³-hybridized carbons (Fsp3) is 0.455. The van der Waals surface area contributed by atoms with Gasteiger partial charge in [-0.25, -0.2) is 0 Å². The zero-order valence-electron chi connectivity index (χ0n) is 9.45. The number of carbonyl (C=O) groups is 1. The summed E-state index contributed by atoms with van der Waals surface area (Å²) in [5, 5.41) is 4.78. The number of thiophene rings is 1. The summed E-state index contributed by atoms with van der Waals surface area (Å²) in [5.41, 5.74) is 6.57. The molecule has 0 aliphatic carbocycles. The molecule has 0 aromatic carbocycles. The first-order chi connectivity index (χ1) is 7.56. The number of nitrogens with two attached hydrogens (primary N) is 1. The molecule has 5 heteroatoms. The van der Waals surface area contributed by atoms with Crippen LogP contribution in [0.1, 0.15) is 29.1 Å². The third kappa shape index (κ3) is 3.28. The van der Waals surface area contributed by atoms with Crippen molar-refractivity contribution in [3.8, 4) is 0 Å². The van der Waals surface area contributed by atoms with Crippen LogP contribution in [0.2, 0.25) is 0 Å². The first kappa shape index (κ1) is 13.1. The van der Waals surface area contributed by atoms with Gasteiger partial charge in [0.25, 0.3) is 5.91 Å². The highest BCUT2D eigenvalue weighted by Gasteiger charge is 2.13. The monoisotopic (exact) mass is 256 g/mol. The molecule has 3 N–H and O–H groups in total. The van der Waals surface area contributed by atoms with E-state index >= 15 is 0 Å². The molecule has 3 nitrogen and oxygen atoms in total. The molecule has 1 unspecified atom stereocenters. The van der Waals surface area contributed by atoms with Crippen LogP contribution in [-0.4, -0.2) is 17.4 Å². The molecule has 0 saturated carbocycles. The minimum Gasteiger partial charge on any atom is -0.393 e. The van der Waals surface area contributed by atoms with Gasteiger partial charge in [-0.15, -0.1) is 11.3 Å². The van der Waals surface area contributed by atoms with Crippen molar-refractivity contribution in [3.63, 3.8) is 0 Å². The topological polar surface area (TPSA) is 55.1 Å². The maximum atomic E-state index is 11.8. The Labute approximate surface area is 105 Å². The van der Waals surface area contributed by atoms with Crippen LogP contribution in [0.4, 0.5) is 0 Å². The highest BCUT2D eigenvalue weighted by atomic mass is 32.1. The third-order valence-corrected chi connectivity index (χ3v) is 3.75. The molecule has 1 aromatic heterocycles. The van der Waals surface area contributed by atoms with Crippen LogP contribution >= 0.6 is 23.6 Å². The molecule has 0 fully saturated rings. The van der Waals surface area contributed by atoms with Crippen molar-refractivity contribution in [2.24, 2.45) is 11.7 Å². The third-order valence-electron chi connectivity index (χ3n) is 2.39.